The monoisotopic (exact) mass is 392 g/mol. The minimum Gasteiger partial charge on any atom is -0.472 e. The van der Waals surface area contributed by atoms with Crippen molar-refractivity contribution < 1.29 is 9.13 Å². The van der Waals surface area contributed by atoms with Crippen molar-refractivity contribution in [1.29, 1.82) is 0 Å². The number of hydrogen-bond acceptors (Lipinski definition) is 6. The van der Waals surface area contributed by atoms with Crippen molar-refractivity contribution >= 4 is 17.0 Å². The molecule has 0 aliphatic rings. The van der Waals surface area contributed by atoms with Gasteiger partial charge in [0.1, 0.15) is 17.2 Å². The molecule has 5 aromatic rings. The number of pyridine rings is 1. The number of aromatic amines is 1. The molecule has 0 aliphatic carbocycles. The number of aromatic nitrogens is 6. The standard InChI is InChI=1S/C19H13FN6OS/c1-27-19-25-24-18(28-19)15-9-21-16-7-4-12(10-26(15)16)14-8-22-23-17(14)11-2-5-13(20)6-3-11/h2-10H,1H3,(H,22,23). The van der Waals surface area contributed by atoms with Gasteiger partial charge >= 0.3 is 0 Å². The van der Waals surface area contributed by atoms with E-state index in [0.29, 0.717) is 10.2 Å². The Morgan fingerprint density at radius 2 is 1.89 bits per heavy atom. The first kappa shape index (κ1) is 16.6. The van der Waals surface area contributed by atoms with Gasteiger partial charge in [-0.3, -0.25) is 9.50 Å². The molecular formula is C19H13FN6OS. The highest BCUT2D eigenvalue weighted by Gasteiger charge is 2.15. The Morgan fingerprint density at radius 1 is 1.07 bits per heavy atom. The zero-order valence-corrected chi connectivity index (χ0v) is 15.4. The van der Waals surface area contributed by atoms with Crippen molar-refractivity contribution in [1.82, 2.24) is 29.8 Å². The van der Waals surface area contributed by atoms with Crippen molar-refractivity contribution in [3.8, 4) is 38.3 Å². The molecule has 1 aromatic carbocycles. The van der Waals surface area contributed by atoms with Crippen molar-refractivity contribution in [2.75, 3.05) is 7.11 Å². The van der Waals surface area contributed by atoms with Crippen LogP contribution < -0.4 is 4.74 Å². The zero-order chi connectivity index (χ0) is 19.1. The fourth-order valence-electron chi connectivity index (χ4n) is 3.03. The van der Waals surface area contributed by atoms with E-state index in [1.807, 2.05) is 28.9 Å². The maximum atomic E-state index is 13.3. The fourth-order valence-corrected chi connectivity index (χ4v) is 3.70. The number of imidazole rings is 1. The second-order valence-corrected chi connectivity index (χ2v) is 6.96. The Bertz CT molecular complexity index is 1270. The summed E-state index contributed by atoms with van der Waals surface area (Å²) in [7, 11) is 1.56. The van der Waals surface area contributed by atoms with Gasteiger partial charge in [0.05, 0.1) is 19.0 Å². The number of H-pyrrole nitrogens is 1. The molecule has 28 heavy (non-hydrogen) atoms. The zero-order valence-electron chi connectivity index (χ0n) is 14.6. The molecule has 0 saturated carbocycles. The van der Waals surface area contributed by atoms with Gasteiger partial charge in [0, 0.05) is 29.1 Å². The molecule has 0 atom stereocenters. The summed E-state index contributed by atoms with van der Waals surface area (Å²) in [6, 6.07) is 10.2. The molecule has 0 radical (unpaired) electrons. The Balaban J connectivity index is 1.62. The van der Waals surface area contributed by atoms with E-state index in [0.717, 1.165) is 33.7 Å². The van der Waals surface area contributed by atoms with Gasteiger partial charge in [-0.15, -0.1) is 5.10 Å². The van der Waals surface area contributed by atoms with E-state index >= 15 is 0 Å². The van der Waals surface area contributed by atoms with Crippen LogP contribution in [0.2, 0.25) is 0 Å². The molecule has 9 heteroatoms. The molecule has 5 rings (SSSR count). The van der Waals surface area contributed by atoms with Crippen LogP contribution in [0.3, 0.4) is 0 Å². The van der Waals surface area contributed by atoms with E-state index in [9.17, 15) is 4.39 Å². The lowest BCUT2D eigenvalue weighted by atomic mass is 10.0. The highest BCUT2D eigenvalue weighted by molar-refractivity contribution is 7.16. The van der Waals surface area contributed by atoms with Crippen LogP contribution in [0.25, 0.3) is 38.7 Å². The first-order valence-corrected chi connectivity index (χ1v) is 9.19. The van der Waals surface area contributed by atoms with Crippen LogP contribution in [0.15, 0.2) is 55.0 Å². The van der Waals surface area contributed by atoms with Crippen LogP contribution in [0, 0.1) is 5.82 Å². The fraction of sp³-hybridized carbons (Fsp3) is 0.0526. The molecule has 0 unspecified atom stereocenters. The predicted molar refractivity (Wildman–Crippen MR) is 104 cm³/mol. The van der Waals surface area contributed by atoms with Crippen molar-refractivity contribution in [3.05, 3.63) is 60.8 Å². The quantitative estimate of drug-likeness (QED) is 0.499. The van der Waals surface area contributed by atoms with Gasteiger partial charge in [0.15, 0.2) is 5.01 Å². The highest BCUT2D eigenvalue weighted by atomic mass is 32.1. The molecule has 0 bridgehead atoms. The molecule has 1 N–H and O–H groups in total. The third-order valence-corrected chi connectivity index (χ3v) is 5.28. The summed E-state index contributed by atoms with van der Waals surface area (Å²) in [6.07, 6.45) is 5.56. The van der Waals surface area contributed by atoms with Gasteiger partial charge in [-0.2, -0.15) is 5.10 Å². The first-order valence-electron chi connectivity index (χ1n) is 8.38. The van der Waals surface area contributed by atoms with Gasteiger partial charge in [-0.25, -0.2) is 9.37 Å². The molecule has 0 spiro atoms. The highest BCUT2D eigenvalue weighted by Crippen LogP contribution is 2.33. The van der Waals surface area contributed by atoms with E-state index in [1.165, 1.54) is 23.5 Å². The average Bonchev–Trinajstić information content (AvgIpc) is 3.46. The Morgan fingerprint density at radius 3 is 2.68 bits per heavy atom. The number of halogens is 1. The minimum atomic E-state index is -0.280. The van der Waals surface area contributed by atoms with E-state index in [-0.39, 0.29) is 5.82 Å². The van der Waals surface area contributed by atoms with Crippen LogP contribution in [-0.4, -0.2) is 36.9 Å². The number of methoxy groups -OCH3 is 1. The summed E-state index contributed by atoms with van der Waals surface area (Å²) in [4.78, 5) is 4.44. The lowest BCUT2D eigenvalue weighted by Gasteiger charge is -2.05. The minimum absolute atomic E-state index is 0.280. The van der Waals surface area contributed by atoms with E-state index < -0.39 is 0 Å². The Hall–Kier alpha value is -3.59. The van der Waals surface area contributed by atoms with Crippen LogP contribution >= 0.6 is 11.3 Å². The second-order valence-electron chi connectivity index (χ2n) is 6.02. The number of fused-ring (bicyclic) bond motifs is 1. The molecule has 4 heterocycles. The number of nitrogens with zero attached hydrogens (tertiary/aromatic N) is 5. The normalized spacial score (nSPS) is 11.2. The van der Waals surface area contributed by atoms with Gasteiger partial charge in [-0.05, 0) is 36.4 Å². The van der Waals surface area contributed by atoms with Crippen LogP contribution in [0.5, 0.6) is 5.19 Å². The number of rotatable bonds is 4. The largest absolute Gasteiger partial charge is 0.472 e. The van der Waals surface area contributed by atoms with Crippen molar-refractivity contribution in [3.63, 3.8) is 0 Å². The summed E-state index contributed by atoms with van der Waals surface area (Å²) >= 11 is 1.35. The summed E-state index contributed by atoms with van der Waals surface area (Å²) in [6.45, 7) is 0. The SMILES string of the molecule is COc1nnc(-c2cnc3ccc(-c4c[nH]nc4-c4ccc(F)cc4)cn23)s1. The Labute approximate surface area is 162 Å². The lowest BCUT2D eigenvalue weighted by molar-refractivity contribution is 0.407. The second kappa shape index (κ2) is 6.54. The number of hydrogen-bond donors (Lipinski definition) is 1. The molecule has 0 aliphatic heterocycles. The molecule has 0 fully saturated rings. The lowest BCUT2D eigenvalue weighted by Crippen LogP contribution is -1.90. The summed E-state index contributed by atoms with van der Waals surface area (Å²) in [5.74, 6) is -0.280. The van der Waals surface area contributed by atoms with Crippen LogP contribution in [0.1, 0.15) is 0 Å². The topological polar surface area (TPSA) is 81.0 Å². The first-order chi connectivity index (χ1) is 13.7. The third kappa shape index (κ3) is 2.72. The molecule has 4 aromatic heterocycles. The number of nitrogens with one attached hydrogen (secondary N) is 1. The molecule has 138 valence electrons. The molecule has 0 amide bonds. The van der Waals surface area contributed by atoms with E-state index in [2.05, 4.69) is 25.4 Å². The average molecular weight is 392 g/mol. The number of ether oxygens (including phenoxy) is 1. The van der Waals surface area contributed by atoms with E-state index in [4.69, 9.17) is 4.74 Å². The summed E-state index contributed by atoms with van der Waals surface area (Å²) < 4.78 is 20.4. The summed E-state index contributed by atoms with van der Waals surface area (Å²) in [5.41, 5.74) is 5.04. The molecular weight excluding hydrogens is 379 g/mol. The van der Waals surface area contributed by atoms with Crippen LogP contribution in [0.4, 0.5) is 4.39 Å². The predicted octanol–water partition coefficient (Wildman–Crippen LogP) is 4.06. The smallest absolute Gasteiger partial charge is 0.294 e. The molecule has 7 nitrogen and oxygen atoms in total. The van der Waals surface area contributed by atoms with E-state index in [1.54, 1.807) is 25.4 Å². The van der Waals surface area contributed by atoms with Crippen LogP contribution in [-0.2, 0) is 0 Å². The molecule has 0 saturated heterocycles. The van der Waals surface area contributed by atoms with Gasteiger partial charge in [0.2, 0.25) is 0 Å². The number of benzene rings is 1. The third-order valence-electron chi connectivity index (χ3n) is 4.37. The Kier molecular flexibility index (Phi) is 3.87. The maximum Gasteiger partial charge on any atom is 0.294 e. The van der Waals surface area contributed by atoms with Gasteiger partial charge in [-0.1, -0.05) is 16.4 Å². The summed E-state index contributed by atoms with van der Waals surface area (Å²) in [5, 5.41) is 16.6. The van der Waals surface area contributed by atoms with Gasteiger partial charge < -0.3 is 4.74 Å². The van der Waals surface area contributed by atoms with Gasteiger partial charge in [0.25, 0.3) is 5.19 Å². The van der Waals surface area contributed by atoms with Crippen molar-refractivity contribution in [2.45, 2.75) is 0 Å². The maximum absolute atomic E-state index is 13.3. The van der Waals surface area contributed by atoms with Crippen molar-refractivity contribution in [2.24, 2.45) is 0 Å².